The fourth-order valence-corrected chi connectivity index (χ4v) is 3.90. The summed E-state index contributed by atoms with van der Waals surface area (Å²) >= 11 is 0. The number of hydrogen-bond donors (Lipinski definition) is 1. The summed E-state index contributed by atoms with van der Waals surface area (Å²) in [5, 5.41) is 9.41. The molecule has 0 aromatic heterocycles. The third kappa shape index (κ3) is 3.49. The van der Waals surface area contributed by atoms with Gasteiger partial charge in [-0.05, 0) is 32.9 Å². The van der Waals surface area contributed by atoms with Gasteiger partial charge in [-0.15, -0.1) is 0 Å². The van der Waals surface area contributed by atoms with E-state index in [-0.39, 0.29) is 18.1 Å². The summed E-state index contributed by atoms with van der Waals surface area (Å²) in [6, 6.07) is 6.41. The largest absolute Gasteiger partial charge is 0.394 e. The van der Waals surface area contributed by atoms with Crippen molar-refractivity contribution in [1.82, 2.24) is 0 Å². The van der Waals surface area contributed by atoms with E-state index < -0.39 is 40.3 Å². The van der Waals surface area contributed by atoms with Crippen molar-refractivity contribution in [2.24, 2.45) is 0 Å². The molecule has 0 spiro atoms. The molecule has 2 fully saturated rings. The molecule has 2 saturated heterocycles. The minimum atomic E-state index is -3.89. The van der Waals surface area contributed by atoms with Crippen molar-refractivity contribution >= 4 is 10.1 Å². The van der Waals surface area contributed by atoms with E-state index in [1.54, 1.807) is 26.0 Å². The molecule has 0 amide bonds. The van der Waals surface area contributed by atoms with Crippen molar-refractivity contribution in [1.29, 1.82) is 0 Å². The average molecular weight is 358 g/mol. The van der Waals surface area contributed by atoms with Crippen LogP contribution in [0.4, 0.5) is 0 Å². The van der Waals surface area contributed by atoms with Crippen molar-refractivity contribution in [3.63, 3.8) is 0 Å². The lowest BCUT2D eigenvalue weighted by Crippen LogP contribution is -2.33. The van der Waals surface area contributed by atoms with Crippen LogP contribution in [-0.4, -0.2) is 56.9 Å². The molecular formula is C16H22O7S. The van der Waals surface area contributed by atoms with Crippen LogP contribution in [-0.2, 0) is 28.5 Å². The van der Waals surface area contributed by atoms with Gasteiger partial charge in [0.2, 0.25) is 0 Å². The molecule has 0 aliphatic carbocycles. The minimum Gasteiger partial charge on any atom is -0.394 e. The van der Waals surface area contributed by atoms with E-state index >= 15 is 0 Å². The van der Waals surface area contributed by atoms with Gasteiger partial charge in [0, 0.05) is 0 Å². The third-order valence-electron chi connectivity index (χ3n) is 4.12. The lowest BCUT2D eigenvalue weighted by atomic mass is 10.1. The Kier molecular flexibility index (Phi) is 4.71. The maximum absolute atomic E-state index is 12.3. The summed E-state index contributed by atoms with van der Waals surface area (Å²) in [5.41, 5.74) is 0.959. The lowest BCUT2D eigenvalue weighted by molar-refractivity contribution is -0.192. The van der Waals surface area contributed by atoms with Crippen LogP contribution in [0.25, 0.3) is 0 Å². The van der Waals surface area contributed by atoms with E-state index in [9.17, 15) is 13.5 Å². The number of aryl methyl sites for hydroxylation is 1. The van der Waals surface area contributed by atoms with Gasteiger partial charge in [-0.2, -0.15) is 8.42 Å². The molecule has 0 unspecified atom stereocenters. The van der Waals surface area contributed by atoms with E-state index in [0.717, 1.165) is 5.56 Å². The van der Waals surface area contributed by atoms with Crippen molar-refractivity contribution < 1.29 is 31.9 Å². The zero-order chi connectivity index (χ0) is 17.5. The van der Waals surface area contributed by atoms with Gasteiger partial charge in [0.15, 0.2) is 5.79 Å². The van der Waals surface area contributed by atoms with Crippen molar-refractivity contribution in [2.45, 2.75) is 55.9 Å². The summed E-state index contributed by atoms with van der Waals surface area (Å²) in [4.78, 5) is 0.0882. The second kappa shape index (κ2) is 6.36. The van der Waals surface area contributed by atoms with Crippen molar-refractivity contribution in [2.75, 3.05) is 13.2 Å². The van der Waals surface area contributed by atoms with Gasteiger partial charge in [0.05, 0.1) is 18.1 Å². The van der Waals surface area contributed by atoms with Crippen LogP contribution in [0.5, 0.6) is 0 Å². The normalized spacial score (nSPS) is 32.0. The predicted molar refractivity (Wildman–Crippen MR) is 83.9 cm³/mol. The Morgan fingerprint density at radius 2 is 1.71 bits per heavy atom. The first-order valence-corrected chi connectivity index (χ1v) is 9.21. The molecule has 0 saturated carbocycles. The van der Waals surface area contributed by atoms with Gasteiger partial charge in [-0.25, -0.2) is 0 Å². The number of rotatable bonds is 5. The quantitative estimate of drug-likeness (QED) is 0.785. The zero-order valence-electron chi connectivity index (χ0n) is 13.8. The third-order valence-corrected chi connectivity index (χ3v) is 5.42. The molecule has 0 radical (unpaired) electrons. The molecule has 1 aromatic rings. The molecule has 8 heteroatoms. The Labute approximate surface area is 141 Å². The Bertz CT molecular complexity index is 683. The number of ether oxygens (including phenoxy) is 3. The highest BCUT2D eigenvalue weighted by atomic mass is 32.2. The second-order valence-electron chi connectivity index (χ2n) is 6.51. The first-order valence-electron chi connectivity index (χ1n) is 7.80. The number of hydrogen-bond acceptors (Lipinski definition) is 7. The maximum atomic E-state index is 12.3. The molecule has 3 rings (SSSR count). The zero-order valence-corrected chi connectivity index (χ0v) is 14.7. The van der Waals surface area contributed by atoms with Crippen LogP contribution in [0.1, 0.15) is 19.4 Å². The van der Waals surface area contributed by atoms with Crippen LogP contribution >= 0.6 is 0 Å². The maximum Gasteiger partial charge on any atom is 0.297 e. The molecule has 24 heavy (non-hydrogen) atoms. The smallest absolute Gasteiger partial charge is 0.297 e. The highest BCUT2D eigenvalue weighted by molar-refractivity contribution is 7.86. The van der Waals surface area contributed by atoms with E-state index in [4.69, 9.17) is 18.4 Å². The fourth-order valence-electron chi connectivity index (χ4n) is 2.98. The van der Waals surface area contributed by atoms with Crippen molar-refractivity contribution in [3.05, 3.63) is 29.8 Å². The lowest BCUT2D eigenvalue weighted by Gasteiger charge is -2.23. The number of benzene rings is 1. The van der Waals surface area contributed by atoms with Crippen molar-refractivity contribution in [3.8, 4) is 0 Å². The van der Waals surface area contributed by atoms with E-state index in [1.807, 2.05) is 6.92 Å². The average Bonchev–Trinajstić information content (AvgIpc) is 2.99. The topological polar surface area (TPSA) is 91.3 Å². The fraction of sp³-hybridized carbons (Fsp3) is 0.625. The van der Waals surface area contributed by atoms with E-state index in [1.165, 1.54) is 12.1 Å². The van der Waals surface area contributed by atoms with Crippen LogP contribution in [0.15, 0.2) is 29.2 Å². The molecule has 2 aliphatic heterocycles. The molecule has 1 N–H and O–H groups in total. The van der Waals surface area contributed by atoms with Gasteiger partial charge >= 0.3 is 0 Å². The summed E-state index contributed by atoms with van der Waals surface area (Å²) in [6.45, 7) is 4.97. The first-order chi connectivity index (χ1) is 11.2. The predicted octanol–water partition coefficient (Wildman–Crippen LogP) is 0.980. The van der Waals surface area contributed by atoms with Gasteiger partial charge in [-0.3, -0.25) is 4.18 Å². The molecule has 7 nitrogen and oxygen atoms in total. The van der Waals surface area contributed by atoms with Crippen LogP contribution < -0.4 is 0 Å². The first kappa shape index (κ1) is 17.8. The molecule has 4 atom stereocenters. The Balaban J connectivity index is 1.69. The minimum absolute atomic E-state index is 0.0882. The molecule has 2 aliphatic rings. The Hall–Kier alpha value is -1.03. The molecule has 1 aromatic carbocycles. The second-order valence-corrected chi connectivity index (χ2v) is 8.13. The summed E-state index contributed by atoms with van der Waals surface area (Å²) in [5.74, 6) is -0.805. The molecule has 134 valence electrons. The summed E-state index contributed by atoms with van der Waals surface area (Å²) in [7, 11) is -3.89. The molecule has 0 bridgehead atoms. The monoisotopic (exact) mass is 358 g/mol. The number of aliphatic hydroxyl groups excluding tert-OH is 1. The van der Waals surface area contributed by atoms with Crippen LogP contribution in [0, 0.1) is 6.92 Å². The number of aliphatic hydroxyl groups is 1. The van der Waals surface area contributed by atoms with Crippen LogP contribution in [0.3, 0.4) is 0 Å². The van der Waals surface area contributed by atoms with E-state index in [0.29, 0.717) is 0 Å². The summed E-state index contributed by atoms with van der Waals surface area (Å²) in [6.07, 6.45) is -2.12. The number of fused-ring (bicyclic) bond motifs is 1. The molecular weight excluding hydrogens is 336 g/mol. The van der Waals surface area contributed by atoms with Gasteiger partial charge in [-0.1, -0.05) is 17.7 Å². The highest BCUT2D eigenvalue weighted by Gasteiger charge is 2.55. The van der Waals surface area contributed by atoms with Gasteiger partial charge in [0.25, 0.3) is 10.1 Å². The van der Waals surface area contributed by atoms with E-state index in [2.05, 4.69) is 0 Å². The Morgan fingerprint density at radius 3 is 2.29 bits per heavy atom. The SMILES string of the molecule is Cc1ccc(S(=O)(=O)OC[C@H]2O[C@H](CO)[C@@H]3OC(C)(C)O[C@@H]32)cc1. The van der Waals surface area contributed by atoms with Gasteiger partial charge < -0.3 is 19.3 Å². The van der Waals surface area contributed by atoms with Crippen LogP contribution in [0.2, 0.25) is 0 Å². The standard InChI is InChI=1S/C16H22O7S/c1-10-4-6-11(7-5-10)24(18,19)20-9-13-15-14(12(8-17)21-13)22-16(2,3)23-15/h4-7,12-15,17H,8-9H2,1-3H3/t12-,13-,14+,15-/m1/s1. The summed E-state index contributed by atoms with van der Waals surface area (Å²) < 4.78 is 46.8. The highest BCUT2D eigenvalue weighted by Crippen LogP contribution is 2.38. The van der Waals surface area contributed by atoms with Gasteiger partial charge in [0.1, 0.15) is 24.4 Å². The molecule has 2 heterocycles. The Morgan fingerprint density at radius 1 is 1.12 bits per heavy atom.